The van der Waals surface area contributed by atoms with Crippen LogP contribution in [0.5, 0.6) is 0 Å². The molecule has 1 aliphatic carbocycles. The number of sulfonamides is 1. The lowest BCUT2D eigenvalue weighted by molar-refractivity contribution is 0.0376. The van der Waals surface area contributed by atoms with E-state index >= 15 is 0 Å². The maximum absolute atomic E-state index is 12.9. The van der Waals surface area contributed by atoms with E-state index in [9.17, 15) is 13.5 Å². The summed E-state index contributed by atoms with van der Waals surface area (Å²) in [5, 5.41) is 19.0. The van der Waals surface area contributed by atoms with Crippen molar-refractivity contribution in [1.29, 1.82) is 0 Å². The molecule has 1 aromatic carbocycles. The molecule has 0 unspecified atom stereocenters. The summed E-state index contributed by atoms with van der Waals surface area (Å²) in [5.41, 5.74) is 2.31. The molecule has 1 saturated carbocycles. The molecular formula is C29H43N7O4S. The van der Waals surface area contributed by atoms with Gasteiger partial charge in [0.05, 0.1) is 29.6 Å². The second-order valence-electron chi connectivity index (χ2n) is 11.1. The summed E-state index contributed by atoms with van der Waals surface area (Å²) < 4.78 is 35.9. The van der Waals surface area contributed by atoms with Crippen LogP contribution in [-0.2, 0) is 21.3 Å². The second-order valence-corrected chi connectivity index (χ2v) is 12.9. The number of aliphatic hydroxyl groups is 1. The number of nitrogens with zero attached hydrogens (tertiary/aromatic N) is 5. The number of ether oxygens (including phenoxy) is 1. The van der Waals surface area contributed by atoms with Crippen LogP contribution in [0.3, 0.4) is 0 Å². The fourth-order valence-corrected chi connectivity index (χ4v) is 6.62. The van der Waals surface area contributed by atoms with Crippen molar-refractivity contribution in [2.24, 2.45) is 5.92 Å². The maximum Gasteiger partial charge on any atom is 0.240 e. The molecule has 0 radical (unpaired) electrons. The van der Waals surface area contributed by atoms with Crippen LogP contribution in [0.15, 0.2) is 35.4 Å². The molecule has 2 fully saturated rings. The number of aliphatic hydroxyl groups excluding tert-OH is 1. The van der Waals surface area contributed by atoms with Crippen LogP contribution in [0.25, 0.3) is 22.3 Å². The number of anilines is 1. The highest BCUT2D eigenvalue weighted by Gasteiger charge is 2.23. The minimum Gasteiger partial charge on any atom is -0.393 e. The van der Waals surface area contributed by atoms with Gasteiger partial charge in [0, 0.05) is 44.5 Å². The van der Waals surface area contributed by atoms with Gasteiger partial charge in [-0.25, -0.2) is 22.8 Å². The standard InChI is InChI=1S/C29H43N7O4S/c1-2-3-13-30-29-31-20-26-27(34-36(28(26)33-29)21-22-5-9-24(37)10-6-22)23-7-11-25(12-8-23)41(38,39)32-14-4-15-35-16-18-40-19-17-35/h7-8,11-12,20,22,24,32,37H,2-6,9-10,13-19,21H2,1H3,(H,30,31,33). The van der Waals surface area contributed by atoms with E-state index in [0.29, 0.717) is 18.4 Å². The number of fused-ring (bicyclic) bond motifs is 1. The molecule has 12 heteroatoms. The monoisotopic (exact) mass is 585 g/mol. The summed E-state index contributed by atoms with van der Waals surface area (Å²) in [5.74, 6) is 1.00. The van der Waals surface area contributed by atoms with Crippen LogP contribution < -0.4 is 10.0 Å². The molecule has 0 bridgehead atoms. The number of rotatable bonds is 13. The fraction of sp³-hybridized carbons (Fsp3) is 0.621. The number of unbranched alkanes of at least 4 members (excludes halogenated alkanes) is 1. The molecule has 11 nitrogen and oxygen atoms in total. The topological polar surface area (TPSA) is 134 Å². The van der Waals surface area contributed by atoms with Crippen LogP contribution in [0, 0.1) is 5.92 Å². The smallest absolute Gasteiger partial charge is 0.240 e. The molecule has 2 aliphatic rings. The van der Waals surface area contributed by atoms with Gasteiger partial charge in [-0.3, -0.25) is 4.90 Å². The third-order valence-electron chi connectivity index (χ3n) is 8.03. The molecule has 3 aromatic rings. The third-order valence-corrected chi connectivity index (χ3v) is 9.51. The van der Waals surface area contributed by atoms with Gasteiger partial charge >= 0.3 is 0 Å². The Morgan fingerprint density at radius 3 is 2.54 bits per heavy atom. The zero-order valence-corrected chi connectivity index (χ0v) is 24.8. The molecule has 0 spiro atoms. The van der Waals surface area contributed by atoms with Crippen molar-refractivity contribution >= 4 is 27.0 Å². The van der Waals surface area contributed by atoms with Crippen molar-refractivity contribution in [1.82, 2.24) is 29.4 Å². The van der Waals surface area contributed by atoms with Crippen LogP contribution in [0.1, 0.15) is 51.9 Å². The fourth-order valence-electron chi connectivity index (χ4n) is 5.54. The number of hydrogen-bond acceptors (Lipinski definition) is 9. The maximum atomic E-state index is 12.9. The average Bonchev–Trinajstić information content (AvgIpc) is 3.35. The van der Waals surface area contributed by atoms with Gasteiger partial charge in [0.15, 0.2) is 5.65 Å². The van der Waals surface area contributed by atoms with E-state index in [1.807, 2.05) is 4.68 Å². The Morgan fingerprint density at radius 2 is 1.80 bits per heavy atom. The molecule has 0 amide bonds. The minimum atomic E-state index is -3.61. The number of nitrogens with one attached hydrogen (secondary N) is 2. The van der Waals surface area contributed by atoms with Crippen molar-refractivity contribution in [3.8, 4) is 11.3 Å². The summed E-state index contributed by atoms with van der Waals surface area (Å²) >= 11 is 0. The molecule has 5 rings (SSSR count). The highest BCUT2D eigenvalue weighted by molar-refractivity contribution is 7.89. The van der Waals surface area contributed by atoms with Crippen LogP contribution in [-0.4, -0.2) is 90.2 Å². The Labute approximate surface area is 242 Å². The van der Waals surface area contributed by atoms with Crippen LogP contribution >= 0.6 is 0 Å². The highest BCUT2D eigenvalue weighted by Crippen LogP contribution is 2.31. The highest BCUT2D eigenvalue weighted by atomic mass is 32.2. The summed E-state index contributed by atoms with van der Waals surface area (Å²) in [4.78, 5) is 11.9. The zero-order chi connectivity index (χ0) is 28.7. The van der Waals surface area contributed by atoms with Gasteiger partial charge in [0.2, 0.25) is 16.0 Å². The van der Waals surface area contributed by atoms with Gasteiger partial charge in [-0.1, -0.05) is 25.5 Å². The van der Waals surface area contributed by atoms with Crippen LogP contribution in [0.2, 0.25) is 0 Å². The molecule has 1 saturated heterocycles. The first-order valence-electron chi connectivity index (χ1n) is 15.0. The molecule has 0 atom stereocenters. The number of benzene rings is 1. The van der Waals surface area contributed by atoms with Gasteiger partial charge in [0.1, 0.15) is 5.69 Å². The third kappa shape index (κ3) is 7.81. The van der Waals surface area contributed by atoms with E-state index in [-0.39, 0.29) is 11.0 Å². The van der Waals surface area contributed by atoms with E-state index in [2.05, 4.69) is 26.8 Å². The second kappa shape index (κ2) is 14.0. The van der Waals surface area contributed by atoms with E-state index in [4.69, 9.17) is 14.8 Å². The lowest BCUT2D eigenvalue weighted by atomic mass is 9.87. The molecule has 1 aliphatic heterocycles. The number of aromatic nitrogens is 4. The summed E-state index contributed by atoms with van der Waals surface area (Å²) in [6.45, 7) is 8.16. The minimum absolute atomic E-state index is 0.207. The first kappa shape index (κ1) is 29.8. The van der Waals surface area contributed by atoms with E-state index in [1.54, 1.807) is 30.5 Å². The molecule has 3 heterocycles. The predicted molar refractivity (Wildman–Crippen MR) is 159 cm³/mol. The van der Waals surface area contributed by atoms with Crippen molar-refractivity contribution in [3.63, 3.8) is 0 Å². The Kier molecular flexibility index (Phi) is 10.2. The molecular weight excluding hydrogens is 542 g/mol. The Hall–Kier alpha value is -2.64. The number of morpholine rings is 1. The SMILES string of the molecule is CCCCNc1ncc2c(-c3ccc(S(=O)(=O)NCCCN4CCOCC4)cc3)nn(CC3CCC(O)CC3)c2n1. The van der Waals surface area contributed by atoms with Gasteiger partial charge < -0.3 is 15.2 Å². The van der Waals surface area contributed by atoms with Crippen molar-refractivity contribution in [2.75, 3.05) is 51.3 Å². The first-order valence-corrected chi connectivity index (χ1v) is 16.5. The number of hydrogen-bond donors (Lipinski definition) is 3. The summed E-state index contributed by atoms with van der Waals surface area (Å²) in [7, 11) is -3.61. The molecule has 2 aromatic heterocycles. The van der Waals surface area contributed by atoms with Gasteiger partial charge in [0.25, 0.3) is 0 Å². The normalized spacial score (nSPS) is 20.4. The van der Waals surface area contributed by atoms with Gasteiger partial charge in [-0.05, 0) is 63.1 Å². The van der Waals surface area contributed by atoms with Crippen LogP contribution in [0.4, 0.5) is 5.95 Å². The largest absolute Gasteiger partial charge is 0.393 e. The van der Waals surface area contributed by atoms with Crippen molar-refractivity contribution in [2.45, 2.75) is 69.4 Å². The Balaban J connectivity index is 1.31. The van der Waals surface area contributed by atoms with E-state index in [0.717, 1.165) is 113 Å². The summed E-state index contributed by atoms with van der Waals surface area (Å²) in [6.07, 6.45) is 8.00. The lowest BCUT2D eigenvalue weighted by Gasteiger charge is -2.26. The molecule has 224 valence electrons. The van der Waals surface area contributed by atoms with Gasteiger partial charge in [-0.15, -0.1) is 0 Å². The molecule has 41 heavy (non-hydrogen) atoms. The van der Waals surface area contributed by atoms with Gasteiger partial charge in [-0.2, -0.15) is 10.1 Å². The quantitative estimate of drug-likeness (QED) is 0.258. The Bertz CT molecular complexity index is 1370. The zero-order valence-electron chi connectivity index (χ0n) is 24.0. The molecule has 3 N–H and O–H groups in total. The first-order chi connectivity index (χ1) is 19.9. The van der Waals surface area contributed by atoms with Crippen molar-refractivity contribution < 1.29 is 18.3 Å². The average molecular weight is 586 g/mol. The van der Waals surface area contributed by atoms with Crippen molar-refractivity contribution in [3.05, 3.63) is 30.5 Å². The lowest BCUT2D eigenvalue weighted by Crippen LogP contribution is -2.38. The summed E-state index contributed by atoms with van der Waals surface area (Å²) in [6, 6.07) is 6.88. The van der Waals surface area contributed by atoms with E-state index in [1.165, 1.54) is 0 Å². The predicted octanol–water partition coefficient (Wildman–Crippen LogP) is 3.26. The van der Waals surface area contributed by atoms with E-state index < -0.39 is 10.0 Å². The Morgan fingerprint density at radius 1 is 1.05 bits per heavy atom.